The summed E-state index contributed by atoms with van der Waals surface area (Å²) in [6.45, 7) is 0. The predicted octanol–water partition coefficient (Wildman–Crippen LogP) is 2.68. The Labute approximate surface area is 82.3 Å². The Balaban J connectivity index is 1.93. The molecule has 0 amide bonds. The van der Waals surface area contributed by atoms with E-state index in [0.717, 1.165) is 24.4 Å². The van der Waals surface area contributed by atoms with Gasteiger partial charge in [-0.05, 0) is 25.0 Å². The molecule has 1 saturated carbocycles. The fraction of sp³-hybridized carbons (Fsp3) is 0.600. The molecule has 72 valence electrons. The molecule has 1 aromatic heterocycles. The Hall–Kier alpha value is -0.410. The second-order valence-electron chi connectivity index (χ2n) is 3.44. The van der Waals surface area contributed by atoms with Crippen LogP contribution in [-0.4, -0.2) is 16.5 Å². The van der Waals surface area contributed by atoms with Crippen molar-refractivity contribution in [1.29, 1.82) is 0 Å². The molecule has 1 aliphatic rings. The SMILES string of the molecule is OC1CCCCC1Sc1ccco1. The molecule has 1 heterocycles. The van der Waals surface area contributed by atoms with E-state index in [9.17, 15) is 5.11 Å². The Bertz CT molecular complexity index is 245. The molecular formula is C10H14O2S. The highest BCUT2D eigenvalue weighted by Crippen LogP contribution is 2.33. The van der Waals surface area contributed by atoms with Gasteiger partial charge < -0.3 is 9.52 Å². The summed E-state index contributed by atoms with van der Waals surface area (Å²) < 4.78 is 5.24. The highest BCUT2D eigenvalue weighted by Gasteiger charge is 2.24. The number of furan rings is 1. The normalized spacial score (nSPS) is 29.0. The molecule has 0 spiro atoms. The van der Waals surface area contributed by atoms with Crippen molar-refractivity contribution in [2.24, 2.45) is 0 Å². The first-order valence-electron chi connectivity index (χ1n) is 4.74. The molecule has 1 N–H and O–H groups in total. The first-order chi connectivity index (χ1) is 6.36. The highest BCUT2D eigenvalue weighted by atomic mass is 32.2. The average molecular weight is 198 g/mol. The topological polar surface area (TPSA) is 33.4 Å². The molecule has 0 saturated heterocycles. The standard InChI is InChI=1S/C10H14O2S/c11-8-4-1-2-5-9(8)13-10-6-3-7-12-10/h3,6-9,11H,1-2,4-5H2. The summed E-state index contributed by atoms with van der Waals surface area (Å²) >= 11 is 1.66. The lowest BCUT2D eigenvalue weighted by molar-refractivity contribution is 0.136. The molecule has 2 atom stereocenters. The van der Waals surface area contributed by atoms with Crippen LogP contribution in [0.5, 0.6) is 0 Å². The van der Waals surface area contributed by atoms with Gasteiger partial charge in [0.1, 0.15) is 0 Å². The molecular weight excluding hydrogens is 184 g/mol. The Morgan fingerprint density at radius 2 is 2.23 bits per heavy atom. The molecule has 1 aromatic rings. The van der Waals surface area contributed by atoms with Crippen molar-refractivity contribution in [2.75, 3.05) is 0 Å². The monoisotopic (exact) mass is 198 g/mol. The number of hydrogen-bond acceptors (Lipinski definition) is 3. The van der Waals surface area contributed by atoms with Gasteiger partial charge in [-0.25, -0.2) is 0 Å². The molecule has 0 radical (unpaired) electrons. The van der Waals surface area contributed by atoms with Crippen molar-refractivity contribution in [3.63, 3.8) is 0 Å². The Kier molecular flexibility index (Phi) is 2.96. The zero-order valence-corrected chi connectivity index (χ0v) is 8.30. The molecule has 0 aromatic carbocycles. The van der Waals surface area contributed by atoms with Crippen molar-refractivity contribution in [2.45, 2.75) is 42.1 Å². The van der Waals surface area contributed by atoms with E-state index in [0.29, 0.717) is 5.25 Å². The largest absolute Gasteiger partial charge is 0.458 e. The maximum absolute atomic E-state index is 9.71. The zero-order chi connectivity index (χ0) is 9.10. The third kappa shape index (κ3) is 2.29. The predicted molar refractivity (Wildman–Crippen MR) is 52.8 cm³/mol. The second kappa shape index (κ2) is 4.20. The average Bonchev–Trinajstić information content (AvgIpc) is 2.61. The third-order valence-corrected chi connectivity index (χ3v) is 3.75. The quantitative estimate of drug-likeness (QED) is 0.793. The van der Waals surface area contributed by atoms with E-state index in [4.69, 9.17) is 4.42 Å². The summed E-state index contributed by atoms with van der Waals surface area (Å²) in [7, 11) is 0. The van der Waals surface area contributed by atoms with Crippen LogP contribution in [-0.2, 0) is 0 Å². The molecule has 0 aliphatic heterocycles. The lowest BCUT2D eigenvalue weighted by Crippen LogP contribution is -2.26. The fourth-order valence-corrected chi connectivity index (χ4v) is 2.84. The Morgan fingerprint density at radius 1 is 1.38 bits per heavy atom. The van der Waals surface area contributed by atoms with Crippen LogP contribution in [0.1, 0.15) is 25.7 Å². The van der Waals surface area contributed by atoms with Crippen LogP contribution in [0.2, 0.25) is 0 Å². The van der Waals surface area contributed by atoms with Crippen LogP contribution in [0.25, 0.3) is 0 Å². The summed E-state index contributed by atoms with van der Waals surface area (Å²) in [5.74, 6) is 0. The van der Waals surface area contributed by atoms with Crippen molar-refractivity contribution in [3.8, 4) is 0 Å². The van der Waals surface area contributed by atoms with Gasteiger partial charge in [-0.15, -0.1) is 0 Å². The molecule has 3 heteroatoms. The second-order valence-corrected chi connectivity index (χ2v) is 4.68. The van der Waals surface area contributed by atoms with Crippen LogP contribution in [0, 0.1) is 0 Å². The van der Waals surface area contributed by atoms with E-state index in [1.165, 1.54) is 6.42 Å². The molecule has 13 heavy (non-hydrogen) atoms. The summed E-state index contributed by atoms with van der Waals surface area (Å²) in [6.07, 6.45) is 5.97. The number of aliphatic hydroxyl groups excluding tert-OH is 1. The minimum Gasteiger partial charge on any atom is -0.458 e. The van der Waals surface area contributed by atoms with Gasteiger partial charge in [-0.3, -0.25) is 0 Å². The number of rotatable bonds is 2. The number of hydrogen-bond donors (Lipinski definition) is 1. The van der Waals surface area contributed by atoms with E-state index in [1.807, 2.05) is 12.1 Å². The van der Waals surface area contributed by atoms with E-state index in [2.05, 4.69) is 0 Å². The fourth-order valence-electron chi connectivity index (χ4n) is 1.69. The van der Waals surface area contributed by atoms with Crippen molar-refractivity contribution >= 4 is 11.8 Å². The van der Waals surface area contributed by atoms with Gasteiger partial charge in [0.15, 0.2) is 5.09 Å². The minimum atomic E-state index is -0.149. The van der Waals surface area contributed by atoms with Crippen LogP contribution in [0.3, 0.4) is 0 Å². The number of aliphatic hydroxyl groups is 1. The molecule has 1 aliphatic carbocycles. The van der Waals surface area contributed by atoms with Crippen molar-refractivity contribution in [1.82, 2.24) is 0 Å². The van der Waals surface area contributed by atoms with Crippen LogP contribution in [0.4, 0.5) is 0 Å². The van der Waals surface area contributed by atoms with Gasteiger partial charge in [-0.2, -0.15) is 0 Å². The minimum absolute atomic E-state index is 0.149. The molecule has 2 nitrogen and oxygen atoms in total. The zero-order valence-electron chi connectivity index (χ0n) is 7.48. The summed E-state index contributed by atoms with van der Waals surface area (Å²) in [4.78, 5) is 0. The van der Waals surface area contributed by atoms with Crippen LogP contribution < -0.4 is 0 Å². The molecule has 1 fully saturated rings. The molecule has 2 rings (SSSR count). The van der Waals surface area contributed by atoms with E-state index < -0.39 is 0 Å². The summed E-state index contributed by atoms with van der Waals surface area (Å²) in [5, 5.41) is 11.0. The third-order valence-electron chi connectivity index (χ3n) is 2.43. The van der Waals surface area contributed by atoms with Crippen LogP contribution in [0.15, 0.2) is 27.9 Å². The highest BCUT2D eigenvalue weighted by molar-refractivity contribution is 7.99. The first-order valence-corrected chi connectivity index (χ1v) is 5.62. The van der Waals surface area contributed by atoms with Gasteiger partial charge >= 0.3 is 0 Å². The van der Waals surface area contributed by atoms with E-state index >= 15 is 0 Å². The smallest absolute Gasteiger partial charge is 0.160 e. The maximum Gasteiger partial charge on any atom is 0.160 e. The van der Waals surface area contributed by atoms with Crippen molar-refractivity contribution < 1.29 is 9.52 Å². The van der Waals surface area contributed by atoms with Gasteiger partial charge in [-0.1, -0.05) is 24.6 Å². The number of thioether (sulfide) groups is 1. The van der Waals surface area contributed by atoms with Crippen LogP contribution >= 0.6 is 11.8 Å². The lowest BCUT2D eigenvalue weighted by Gasteiger charge is -2.25. The van der Waals surface area contributed by atoms with Crippen molar-refractivity contribution in [3.05, 3.63) is 18.4 Å². The molecule has 2 unspecified atom stereocenters. The van der Waals surface area contributed by atoms with Gasteiger partial charge in [0.25, 0.3) is 0 Å². The summed E-state index contributed by atoms with van der Waals surface area (Å²) in [5.41, 5.74) is 0. The van der Waals surface area contributed by atoms with E-state index in [-0.39, 0.29) is 6.10 Å². The maximum atomic E-state index is 9.71. The summed E-state index contributed by atoms with van der Waals surface area (Å²) in [6, 6.07) is 3.84. The van der Waals surface area contributed by atoms with Gasteiger partial charge in [0.05, 0.1) is 12.4 Å². The first kappa shape index (κ1) is 9.16. The van der Waals surface area contributed by atoms with E-state index in [1.54, 1.807) is 18.0 Å². The van der Waals surface area contributed by atoms with Gasteiger partial charge in [0.2, 0.25) is 0 Å². The Morgan fingerprint density at radius 3 is 2.92 bits per heavy atom. The van der Waals surface area contributed by atoms with Gasteiger partial charge in [0, 0.05) is 5.25 Å². The molecule has 0 bridgehead atoms. The lowest BCUT2D eigenvalue weighted by atomic mass is 9.97.